The van der Waals surface area contributed by atoms with Crippen molar-refractivity contribution in [3.8, 4) is 39.5 Å². The molecule has 2 aliphatic rings. The second-order valence-corrected chi connectivity index (χ2v) is 17.9. The lowest BCUT2D eigenvalue weighted by atomic mass is 9.78. The van der Waals surface area contributed by atoms with Gasteiger partial charge in [-0.05, 0) is 84.6 Å². The van der Waals surface area contributed by atoms with Gasteiger partial charge < -0.3 is 4.57 Å². The molecule has 5 aromatic carbocycles. The molecule has 7 heteroatoms. The van der Waals surface area contributed by atoms with Crippen LogP contribution in [0, 0.1) is 6.92 Å². The van der Waals surface area contributed by atoms with Crippen molar-refractivity contribution in [1.29, 1.82) is 0 Å². The third kappa shape index (κ3) is 4.56. The van der Waals surface area contributed by atoms with Gasteiger partial charge in [0.2, 0.25) is 0 Å². The van der Waals surface area contributed by atoms with E-state index in [2.05, 4.69) is 151 Å². The Morgan fingerprint density at radius 3 is 2.41 bits per heavy atom. The summed E-state index contributed by atoms with van der Waals surface area (Å²) in [7, 11) is 0. The minimum atomic E-state index is 0.192. The van der Waals surface area contributed by atoms with Crippen LogP contribution >= 0.6 is 34.4 Å². The molecule has 56 heavy (non-hydrogen) atoms. The number of rotatable bonds is 4. The molecule has 12 rings (SSSR count). The minimum absolute atomic E-state index is 0.192. The average molecular weight is 773 g/mol. The summed E-state index contributed by atoms with van der Waals surface area (Å²) in [4.78, 5) is 18.7. The maximum Gasteiger partial charge on any atom is 0.162 e. The molecule has 0 saturated heterocycles. The number of allylic oxidation sites excluding steroid dienone is 1. The number of pyridine rings is 1. The highest BCUT2D eigenvalue weighted by molar-refractivity contribution is 8.00. The van der Waals surface area contributed by atoms with Crippen molar-refractivity contribution in [2.45, 2.75) is 29.9 Å². The molecule has 1 aliphatic heterocycles. The Labute approximate surface area is 335 Å². The molecule has 0 saturated carbocycles. The number of hydrogen-bond acceptors (Lipinski definition) is 6. The van der Waals surface area contributed by atoms with Gasteiger partial charge in [-0.3, -0.25) is 4.98 Å². The SMILES string of the molecule is C/C=C\c1sc2nc(-c3cccnc3)nc(-c3cc(-n4c5c(c6ccccc64)-c4ccccc4[C@H]4Sc6ccccc6C54)cc4c3sc3ccccc34)c2c1C. The molecule has 1 unspecified atom stereocenters. The fourth-order valence-electron chi connectivity index (χ4n) is 9.24. The Balaban J connectivity index is 1.23. The van der Waals surface area contributed by atoms with Crippen LogP contribution in [0.3, 0.4) is 0 Å². The first kappa shape index (κ1) is 32.4. The van der Waals surface area contributed by atoms with E-state index in [-0.39, 0.29) is 11.2 Å². The summed E-state index contributed by atoms with van der Waals surface area (Å²) in [6.45, 7) is 4.30. The molecule has 6 heterocycles. The first-order chi connectivity index (χ1) is 27.7. The number of aryl methyl sites for hydroxylation is 1. The number of aromatic nitrogens is 4. The van der Waals surface area contributed by atoms with Crippen LogP contribution in [0.25, 0.3) is 86.8 Å². The second-order valence-electron chi connectivity index (χ2n) is 14.6. The largest absolute Gasteiger partial charge is 0.312 e. The molecular weight excluding hydrogens is 741 g/mol. The standard InChI is InChI=1S/C49H32N4S3/c1-3-13-38-27(2)41-44(51-48(52-49(41)56-38)28-14-12-23-50-26-28)36-25-29(24-35-30-15-7-10-21-39(30)54-46(35)36)53-37-20-9-6-18-33(37)42-31-16-4-5-17-32(31)47-43(45(42)53)34-19-8-11-22-40(34)55-47/h3-26,43,47H,1-2H3/b13-3-/t43?,47-/m1/s1. The zero-order valence-corrected chi connectivity index (χ0v) is 33.0. The second kappa shape index (κ2) is 12.3. The molecule has 0 amide bonds. The molecule has 4 nitrogen and oxygen atoms in total. The number of para-hydroxylation sites is 1. The normalized spacial score (nSPS) is 15.9. The van der Waals surface area contributed by atoms with Crippen LogP contribution in [0.4, 0.5) is 0 Å². The highest BCUT2D eigenvalue weighted by Gasteiger charge is 2.44. The first-order valence-corrected chi connectivity index (χ1v) is 21.5. The summed E-state index contributed by atoms with van der Waals surface area (Å²) < 4.78 is 5.10. The Hall–Kier alpha value is -5.86. The molecule has 2 atom stereocenters. The Morgan fingerprint density at radius 2 is 1.54 bits per heavy atom. The summed E-state index contributed by atoms with van der Waals surface area (Å²) in [5.74, 6) is 0.883. The third-order valence-electron chi connectivity index (χ3n) is 11.6. The predicted octanol–water partition coefficient (Wildman–Crippen LogP) is 14.0. The summed E-state index contributed by atoms with van der Waals surface area (Å²) in [5, 5.41) is 5.19. The number of thioether (sulfide) groups is 1. The topological polar surface area (TPSA) is 43.6 Å². The number of hydrogen-bond donors (Lipinski definition) is 0. The monoisotopic (exact) mass is 772 g/mol. The van der Waals surface area contributed by atoms with Gasteiger partial charge in [0.1, 0.15) is 4.83 Å². The lowest BCUT2D eigenvalue weighted by molar-refractivity contribution is 0.740. The Morgan fingerprint density at radius 1 is 0.732 bits per heavy atom. The smallest absolute Gasteiger partial charge is 0.162 e. The van der Waals surface area contributed by atoms with Crippen LogP contribution in [0.1, 0.15) is 45.4 Å². The van der Waals surface area contributed by atoms with Crippen LogP contribution in [0.15, 0.2) is 145 Å². The molecule has 10 aromatic rings. The summed E-state index contributed by atoms with van der Waals surface area (Å²) in [6.07, 6.45) is 7.99. The quantitative estimate of drug-likeness (QED) is 0.179. The van der Waals surface area contributed by atoms with E-state index >= 15 is 0 Å². The van der Waals surface area contributed by atoms with Crippen LogP contribution in [-0.2, 0) is 0 Å². The minimum Gasteiger partial charge on any atom is -0.312 e. The van der Waals surface area contributed by atoms with E-state index in [9.17, 15) is 0 Å². The van der Waals surface area contributed by atoms with E-state index in [0.717, 1.165) is 32.7 Å². The van der Waals surface area contributed by atoms with E-state index in [1.54, 1.807) is 17.5 Å². The zero-order chi connectivity index (χ0) is 37.1. The van der Waals surface area contributed by atoms with Gasteiger partial charge in [0, 0.05) is 92.4 Å². The first-order valence-electron chi connectivity index (χ1n) is 18.9. The lowest BCUT2D eigenvalue weighted by Crippen LogP contribution is -2.16. The van der Waals surface area contributed by atoms with Gasteiger partial charge in [0.15, 0.2) is 5.82 Å². The highest BCUT2D eigenvalue weighted by Crippen LogP contribution is 2.64. The molecule has 0 N–H and O–H groups in total. The van der Waals surface area contributed by atoms with E-state index in [1.165, 1.54) is 74.4 Å². The van der Waals surface area contributed by atoms with Gasteiger partial charge in [0.25, 0.3) is 0 Å². The van der Waals surface area contributed by atoms with Gasteiger partial charge >= 0.3 is 0 Å². The van der Waals surface area contributed by atoms with Gasteiger partial charge in [-0.2, -0.15) is 0 Å². The maximum absolute atomic E-state index is 5.51. The molecule has 1 aliphatic carbocycles. The maximum atomic E-state index is 5.51. The van der Waals surface area contributed by atoms with Crippen molar-refractivity contribution in [1.82, 2.24) is 19.5 Å². The highest BCUT2D eigenvalue weighted by atomic mass is 32.2. The molecule has 5 aromatic heterocycles. The zero-order valence-electron chi connectivity index (χ0n) is 30.5. The Bertz CT molecular complexity index is 3280. The lowest BCUT2D eigenvalue weighted by Gasteiger charge is -2.30. The van der Waals surface area contributed by atoms with Gasteiger partial charge in [-0.1, -0.05) is 84.9 Å². The van der Waals surface area contributed by atoms with Gasteiger partial charge in [0.05, 0.1) is 11.2 Å². The summed E-state index contributed by atoms with van der Waals surface area (Å²) in [5.41, 5.74) is 13.5. The van der Waals surface area contributed by atoms with Crippen molar-refractivity contribution in [3.63, 3.8) is 0 Å². The van der Waals surface area contributed by atoms with E-state index in [4.69, 9.17) is 9.97 Å². The van der Waals surface area contributed by atoms with Crippen LogP contribution in [0.5, 0.6) is 0 Å². The fourth-order valence-corrected chi connectivity index (χ4v) is 13.1. The van der Waals surface area contributed by atoms with Crippen molar-refractivity contribution in [3.05, 3.63) is 167 Å². The van der Waals surface area contributed by atoms with Crippen LogP contribution in [0.2, 0.25) is 0 Å². The molecule has 0 bridgehead atoms. The molecule has 0 fully saturated rings. The average Bonchev–Trinajstić information content (AvgIpc) is 4.00. The number of nitrogens with zero attached hydrogens (tertiary/aromatic N) is 4. The summed E-state index contributed by atoms with van der Waals surface area (Å²) >= 11 is 5.61. The Kier molecular flexibility index (Phi) is 7.13. The van der Waals surface area contributed by atoms with Crippen molar-refractivity contribution < 1.29 is 0 Å². The van der Waals surface area contributed by atoms with E-state index in [1.807, 2.05) is 35.4 Å². The van der Waals surface area contributed by atoms with Gasteiger partial charge in [-0.25, -0.2) is 9.97 Å². The van der Waals surface area contributed by atoms with Gasteiger partial charge in [-0.15, -0.1) is 34.4 Å². The third-order valence-corrected chi connectivity index (χ3v) is 15.4. The van der Waals surface area contributed by atoms with Crippen molar-refractivity contribution in [2.24, 2.45) is 0 Å². The van der Waals surface area contributed by atoms with Crippen molar-refractivity contribution >= 4 is 81.8 Å². The van der Waals surface area contributed by atoms with Crippen LogP contribution < -0.4 is 0 Å². The molecule has 0 radical (unpaired) electrons. The van der Waals surface area contributed by atoms with E-state index in [0.29, 0.717) is 5.82 Å². The predicted molar refractivity (Wildman–Crippen MR) is 238 cm³/mol. The molecule has 0 spiro atoms. The fraction of sp³-hybridized carbons (Fsp3) is 0.0816. The van der Waals surface area contributed by atoms with Crippen molar-refractivity contribution in [2.75, 3.05) is 0 Å². The molecular formula is C49H32N4S3. The number of benzene rings is 5. The van der Waals surface area contributed by atoms with Crippen LogP contribution in [-0.4, -0.2) is 19.5 Å². The summed E-state index contributed by atoms with van der Waals surface area (Å²) in [6, 6.07) is 44.9. The van der Waals surface area contributed by atoms with E-state index < -0.39 is 0 Å². The number of thiophene rings is 2. The number of fused-ring (bicyclic) bond motifs is 14. The molecule has 266 valence electrons.